The molecule has 0 saturated heterocycles. The van der Waals surface area contributed by atoms with Gasteiger partial charge >= 0.3 is 6.18 Å². The number of aliphatic imine (C=N–C) groups is 1. The summed E-state index contributed by atoms with van der Waals surface area (Å²) in [6, 6.07) is 3.84. The van der Waals surface area contributed by atoms with E-state index < -0.39 is 28.4 Å². The van der Waals surface area contributed by atoms with Gasteiger partial charge in [0.1, 0.15) is 12.4 Å². The summed E-state index contributed by atoms with van der Waals surface area (Å²) in [4.78, 5) is 4.28. The van der Waals surface area contributed by atoms with Crippen LogP contribution in [-0.2, 0) is 26.9 Å². The third-order valence-corrected chi connectivity index (χ3v) is 4.20. The Kier molecular flexibility index (Phi) is 12.7. The van der Waals surface area contributed by atoms with Crippen molar-refractivity contribution in [3.63, 3.8) is 0 Å². The second kappa shape index (κ2) is 13.2. The van der Waals surface area contributed by atoms with Crippen LogP contribution < -0.4 is 10.6 Å². The van der Waals surface area contributed by atoms with Crippen LogP contribution in [0.3, 0.4) is 0 Å². The lowest BCUT2D eigenvalue weighted by Crippen LogP contribution is -2.38. The van der Waals surface area contributed by atoms with Crippen LogP contribution in [0.15, 0.2) is 23.2 Å². The summed E-state index contributed by atoms with van der Waals surface area (Å²) in [7, 11) is -3.29. The highest BCUT2D eigenvalue weighted by Crippen LogP contribution is 2.16. The molecule has 1 rings (SSSR count). The molecule has 29 heavy (non-hydrogen) atoms. The van der Waals surface area contributed by atoms with Gasteiger partial charge in [-0.05, 0) is 36.6 Å². The molecule has 12 heteroatoms. The number of guanidine groups is 1. The first-order chi connectivity index (χ1) is 13.0. The maximum absolute atomic E-state index is 13.5. The quantitative estimate of drug-likeness (QED) is 0.153. The highest BCUT2D eigenvalue weighted by Gasteiger charge is 2.27. The van der Waals surface area contributed by atoms with Crippen LogP contribution in [-0.4, -0.2) is 53.1 Å². The van der Waals surface area contributed by atoms with E-state index in [1.54, 1.807) is 0 Å². The summed E-state index contributed by atoms with van der Waals surface area (Å²) in [5.74, 6) is -0.339. The number of hydrogen-bond acceptors (Lipinski definition) is 4. The fraction of sp³-hybridized carbons (Fsp3) is 0.588. The zero-order chi connectivity index (χ0) is 21.2. The van der Waals surface area contributed by atoms with Crippen LogP contribution >= 0.6 is 24.0 Å². The first kappa shape index (κ1) is 27.8. The lowest BCUT2D eigenvalue weighted by Gasteiger charge is -2.13. The second-order valence-electron chi connectivity index (χ2n) is 6.13. The molecule has 0 radical (unpaired) electrons. The molecule has 2 N–H and O–H groups in total. The summed E-state index contributed by atoms with van der Waals surface area (Å²) in [5.41, 5.74) is 0.903. The minimum atomic E-state index is -4.35. The van der Waals surface area contributed by atoms with Gasteiger partial charge in [-0.1, -0.05) is 6.07 Å². The van der Waals surface area contributed by atoms with E-state index in [1.165, 1.54) is 18.2 Å². The molecule has 6 nitrogen and oxygen atoms in total. The number of halogens is 5. The normalized spacial score (nSPS) is 12.4. The first-order valence-corrected chi connectivity index (χ1v) is 10.7. The van der Waals surface area contributed by atoms with E-state index in [9.17, 15) is 26.0 Å². The molecular weight excluding hydrogens is 529 g/mol. The molecule has 0 bridgehead atoms. The van der Waals surface area contributed by atoms with Crippen molar-refractivity contribution in [2.45, 2.75) is 31.8 Å². The first-order valence-electron chi connectivity index (χ1n) is 8.62. The summed E-state index contributed by atoms with van der Waals surface area (Å²) >= 11 is 0. The Hall–Kier alpha value is -1.15. The predicted molar refractivity (Wildman–Crippen MR) is 115 cm³/mol. The Morgan fingerprint density at radius 1 is 1.21 bits per heavy atom. The molecule has 168 valence electrons. The lowest BCUT2D eigenvalue weighted by molar-refractivity contribution is -0.173. The third kappa shape index (κ3) is 13.7. The fourth-order valence-electron chi connectivity index (χ4n) is 2.24. The molecule has 0 heterocycles. The summed E-state index contributed by atoms with van der Waals surface area (Å²) in [5, 5.41) is 5.89. The Morgan fingerprint density at radius 2 is 1.90 bits per heavy atom. The third-order valence-electron chi connectivity index (χ3n) is 3.36. The van der Waals surface area contributed by atoms with Crippen molar-refractivity contribution >= 4 is 39.8 Å². The average Bonchev–Trinajstić information content (AvgIpc) is 2.55. The molecule has 1 aromatic rings. The average molecular weight is 555 g/mol. The Labute approximate surface area is 185 Å². The number of hydrogen-bond donors (Lipinski definition) is 2. The molecule has 0 aliphatic rings. The van der Waals surface area contributed by atoms with Crippen molar-refractivity contribution in [2.24, 2.45) is 4.99 Å². The Balaban J connectivity index is 0.00000784. The number of alkyl halides is 3. The van der Waals surface area contributed by atoms with Crippen LogP contribution in [0.25, 0.3) is 0 Å². The summed E-state index contributed by atoms with van der Waals surface area (Å²) in [6.07, 6.45) is -2.92. The molecule has 0 unspecified atom stereocenters. The van der Waals surface area contributed by atoms with E-state index in [4.69, 9.17) is 0 Å². The maximum Gasteiger partial charge on any atom is 0.411 e. The van der Waals surface area contributed by atoms with Gasteiger partial charge in [0.05, 0.1) is 12.3 Å². The summed E-state index contributed by atoms with van der Waals surface area (Å²) in [6.45, 7) is 1.39. The highest BCUT2D eigenvalue weighted by molar-refractivity contribution is 14.0. The van der Waals surface area contributed by atoms with E-state index in [-0.39, 0.29) is 42.9 Å². The monoisotopic (exact) mass is 555 g/mol. The fourth-order valence-corrected chi connectivity index (χ4v) is 3.09. The van der Waals surface area contributed by atoms with Crippen molar-refractivity contribution in [1.82, 2.24) is 10.6 Å². The second-order valence-corrected chi connectivity index (χ2v) is 8.27. The van der Waals surface area contributed by atoms with Gasteiger partial charge in [-0.15, -0.1) is 24.0 Å². The van der Waals surface area contributed by atoms with Crippen LogP contribution in [0.1, 0.15) is 24.5 Å². The highest BCUT2D eigenvalue weighted by atomic mass is 127. The molecule has 0 aliphatic carbocycles. The van der Waals surface area contributed by atoms with Gasteiger partial charge in [0.15, 0.2) is 15.8 Å². The molecule has 0 atom stereocenters. The minimum absolute atomic E-state index is 0. The predicted octanol–water partition coefficient (Wildman–Crippen LogP) is 3.01. The molecule has 0 amide bonds. The number of nitrogens with zero attached hydrogens (tertiary/aromatic N) is 1. The molecule has 0 saturated carbocycles. The van der Waals surface area contributed by atoms with Gasteiger partial charge in [0, 0.05) is 26.0 Å². The van der Waals surface area contributed by atoms with Gasteiger partial charge in [-0.3, -0.25) is 0 Å². The SMILES string of the molecule is CCNC(=NCc1cc(F)ccc1CS(C)(=O)=O)NCCCOCC(F)(F)F.I. The number of nitrogens with one attached hydrogen (secondary N) is 2. The lowest BCUT2D eigenvalue weighted by atomic mass is 10.1. The zero-order valence-corrected chi connectivity index (χ0v) is 19.3. The largest absolute Gasteiger partial charge is 0.411 e. The smallest absolute Gasteiger partial charge is 0.372 e. The van der Waals surface area contributed by atoms with Crippen molar-refractivity contribution < 1.29 is 30.7 Å². The van der Waals surface area contributed by atoms with E-state index in [0.717, 1.165) is 6.26 Å². The maximum atomic E-state index is 13.5. The molecule has 1 aromatic carbocycles. The van der Waals surface area contributed by atoms with Crippen molar-refractivity contribution in [1.29, 1.82) is 0 Å². The Morgan fingerprint density at radius 3 is 2.48 bits per heavy atom. The van der Waals surface area contributed by atoms with E-state index in [2.05, 4.69) is 20.4 Å². The molecule has 0 aromatic heterocycles. The standard InChI is InChI=1S/C17H25F4N3O3S.HI/c1-3-22-16(23-7-4-8-27-12-17(19,20)21)24-10-14-9-15(18)6-5-13(14)11-28(2,25)26;/h5-6,9H,3-4,7-8,10-12H2,1-2H3,(H2,22,23,24);1H. The minimum Gasteiger partial charge on any atom is -0.372 e. The number of ether oxygens (including phenoxy) is 1. The van der Waals surface area contributed by atoms with Gasteiger partial charge < -0.3 is 15.4 Å². The van der Waals surface area contributed by atoms with Crippen molar-refractivity contribution in [2.75, 3.05) is 32.6 Å². The van der Waals surface area contributed by atoms with Gasteiger partial charge in [0.2, 0.25) is 0 Å². The number of sulfone groups is 1. The molecule has 0 fully saturated rings. The topological polar surface area (TPSA) is 79.8 Å². The summed E-state index contributed by atoms with van der Waals surface area (Å²) < 4.78 is 77.1. The van der Waals surface area contributed by atoms with Gasteiger partial charge in [0.25, 0.3) is 0 Å². The van der Waals surface area contributed by atoms with E-state index in [1.807, 2.05) is 6.92 Å². The van der Waals surface area contributed by atoms with Crippen LogP contribution in [0.5, 0.6) is 0 Å². The molecular formula is C17H26F4IN3O3S. The molecule has 0 spiro atoms. The molecule has 0 aliphatic heterocycles. The van der Waals surface area contributed by atoms with Crippen LogP contribution in [0.2, 0.25) is 0 Å². The number of benzene rings is 1. The Bertz CT molecular complexity index is 759. The van der Waals surface area contributed by atoms with E-state index >= 15 is 0 Å². The van der Waals surface area contributed by atoms with E-state index in [0.29, 0.717) is 36.6 Å². The number of rotatable bonds is 10. The van der Waals surface area contributed by atoms with Gasteiger partial charge in [-0.25, -0.2) is 17.8 Å². The van der Waals surface area contributed by atoms with Crippen molar-refractivity contribution in [3.8, 4) is 0 Å². The van der Waals surface area contributed by atoms with Crippen LogP contribution in [0, 0.1) is 5.82 Å². The van der Waals surface area contributed by atoms with Crippen LogP contribution in [0.4, 0.5) is 17.6 Å². The van der Waals surface area contributed by atoms with Gasteiger partial charge in [-0.2, -0.15) is 13.2 Å². The van der Waals surface area contributed by atoms with Crippen molar-refractivity contribution in [3.05, 3.63) is 35.1 Å². The zero-order valence-electron chi connectivity index (χ0n) is 16.2.